The Morgan fingerprint density at radius 3 is 2.94 bits per heavy atom. The molecule has 33 heavy (non-hydrogen) atoms. The number of amides is 1. The lowest BCUT2D eigenvalue weighted by atomic mass is 10.1. The van der Waals surface area contributed by atoms with E-state index in [1.54, 1.807) is 11.3 Å². The summed E-state index contributed by atoms with van der Waals surface area (Å²) in [5, 5.41) is 12.0. The van der Waals surface area contributed by atoms with Gasteiger partial charge >= 0.3 is 0 Å². The first-order valence-electron chi connectivity index (χ1n) is 12.0. The highest BCUT2D eigenvalue weighted by molar-refractivity contribution is 7.15. The molecule has 9 heteroatoms. The van der Waals surface area contributed by atoms with E-state index >= 15 is 0 Å². The molecule has 2 atom stereocenters. The van der Waals surface area contributed by atoms with Crippen LogP contribution in [0.2, 0.25) is 0 Å². The monoisotopic (exact) mass is 472 g/mol. The van der Waals surface area contributed by atoms with E-state index in [1.807, 2.05) is 29.0 Å². The number of ether oxygens (including phenoxy) is 1. The first-order chi connectivity index (χ1) is 16.0. The minimum atomic E-state index is -0.406. The van der Waals surface area contributed by atoms with Crippen LogP contribution in [-0.4, -0.2) is 64.0 Å². The Bertz CT molecular complexity index is 960. The number of aromatic nitrogens is 3. The molecule has 1 saturated carbocycles. The summed E-state index contributed by atoms with van der Waals surface area (Å²) in [6.45, 7) is 11.1. The zero-order valence-electron chi connectivity index (χ0n) is 20.0. The summed E-state index contributed by atoms with van der Waals surface area (Å²) in [6.07, 6.45) is 8.40. The average molecular weight is 473 g/mol. The lowest BCUT2D eigenvalue weighted by Crippen LogP contribution is -2.50. The molecule has 2 N–H and O–H groups in total. The van der Waals surface area contributed by atoms with Gasteiger partial charge in [-0.05, 0) is 39.0 Å². The van der Waals surface area contributed by atoms with Crippen molar-refractivity contribution in [3.8, 4) is 10.4 Å². The van der Waals surface area contributed by atoms with Crippen LogP contribution in [0.25, 0.3) is 10.4 Å². The molecule has 2 aliphatic rings. The van der Waals surface area contributed by atoms with Crippen LogP contribution in [0.5, 0.6) is 0 Å². The van der Waals surface area contributed by atoms with Crippen LogP contribution in [0.4, 0.5) is 0 Å². The molecule has 0 spiro atoms. The molecule has 1 aliphatic carbocycles. The highest BCUT2D eigenvalue weighted by Crippen LogP contribution is 2.40. The van der Waals surface area contributed by atoms with Gasteiger partial charge in [0.2, 0.25) is 0 Å². The highest BCUT2D eigenvalue weighted by atomic mass is 32.1. The van der Waals surface area contributed by atoms with Gasteiger partial charge in [-0.25, -0.2) is 4.98 Å². The van der Waals surface area contributed by atoms with Gasteiger partial charge in [-0.3, -0.25) is 9.48 Å². The van der Waals surface area contributed by atoms with Gasteiger partial charge < -0.3 is 20.3 Å². The molecule has 1 aliphatic heterocycles. The summed E-state index contributed by atoms with van der Waals surface area (Å²) in [7, 11) is 1.93. The Balaban J connectivity index is 1.54. The van der Waals surface area contributed by atoms with Crippen molar-refractivity contribution in [3.05, 3.63) is 35.4 Å². The zero-order valence-corrected chi connectivity index (χ0v) is 20.8. The predicted molar refractivity (Wildman–Crippen MR) is 131 cm³/mol. The standard InChI is InChI=1S/C24H36N6O2S/c1-5-16(2)26-10-6-7-20-22(18-13-27-29(4)15-18)33-23(28-20)17(3)30(19-8-9-19)24(31)21-14-25-11-12-32-21/h13,15,17,19,21,25-26H,2,5-12,14H2,1,3-4H3/t17-,21?/m1/s1. The number of nitrogens with one attached hydrogen (secondary N) is 2. The number of nitrogens with zero attached hydrogens (tertiary/aromatic N) is 4. The third-order valence-corrected chi connectivity index (χ3v) is 7.56. The average Bonchev–Trinajstić information content (AvgIpc) is 3.42. The van der Waals surface area contributed by atoms with Crippen LogP contribution >= 0.6 is 11.3 Å². The molecule has 8 nitrogen and oxygen atoms in total. The molecule has 0 aromatic carbocycles. The fraction of sp³-hybridized carbons (Fsp3) is 0.625. The third kappa shape index (κ3) is 5.83. The molecule has 1 unspecified atom stereocenters. The van der Waals surface area contributed by atoms with Gasteiger partial charge in [0.15, 0.2) is 0 Å². The van der Waals surface area contributed by atoms with Crippen molar-refractivity contribution >= 4 is 17.2 Å². The van der Waals surface area contributed by atoms with Gasteiger partial charge in [0.25, 0.3) is 5.91 Å². The van der Waals surface area contributed by atoms with Gasteiger partial charge in [-0.2, -0.15) is 5.10 Å². The van der Waals surface area contributed by atoms with Gasteiger partial charge in [0, 0.05) is 50.2 Å². The van der Waals surface area contributed by atoms with Gasteiger partial charge in [-0.1, -0.05) is 13.5 Å². The molecule has 1 amide bonds. The lowest BCUT2D eigenvalue weighted by Gasteiger charge is -2.33. The number of aryl methyl sites for hydroxylation is 2. The third-order valence-electron chi connectivity index (χ3n) is 6.25. The summed E-state index contributed by atoms with van der Waals surface area (Å²) in [5.41, 5.74) is 3.23. The molecular weight excluding hydrogens is 436 g/mol. The lowest BCUT2D eigenvalue weighted by molar-refractivity contribution is -0.148. The van der Waals surface area contributed by atoms with E-state index in [0.717, 1.165) is 72.0 Å². The van der Waals surface area contributed by atoms with Crippen molar-refractivity contribution in [2.24, 2.45) is 7.05 Å². The number of hydrogen-bond acceptors (Lipinski definition) is 7. The molecule has 2 aromatic heterocycles. The SMILES string of the molecule is C=C(CC)NCCCc1nc([C@@H](C)N(C(=O)C2CNCCO2)C2CC2)sc1-c1cnn(C)c1. The van der Waals surface area contributed by atoms with Crippen molar-refractivity contribution in [2.75, 3.05) is 26.2 Å². The van der Waals surface area contributed by atoms with Gasteiger partial charge in [-0.15, -0.1) is 11.3 Å². The van der Waals surface area contributed by atoms with E-state index in [-0.39, 0.29) is 18.0 Å². The van der Waals surface area contributed by atoms with E-state index < -0.39 is 6.10 Å². The maximum absolute atomic E-state index is 13.4. The fourth-order valence-corrected chi connectivity index (χ4v) is 5.32. The number of carbonyl (C=O) groups excluding carboxylic acids is 1. The molecule has 2 fully saturated rings. The normalized spacial score (nSPS) is 19.3. The number of hydrogen-bond donors (Lipinski definition) is 2. The molecule has 1 saturated heterocycles. The Morgan fingerprint density at radius 2 is 2.30 bits per heavy atom. The van der Waals surface area contributed by atoms with Crippen LogP contribution < -0.4 is 10.6 Å². The molecule has 2 aromatic rings. The summed E-state index contributed by atoms with van der Waals surface area (Å²) < 4.78 is 7.61. The van der Waals surface area contributed by atoms with Crippen LogP contribution in [0.3, 0.4) is 0 Å². The number of morpholine rings is 1. The largest absolute Gasteiger partial charge is 0.389 e. The highest BCUT2D eigenvalue weighted by Gasteiger charge is 2.41. The Morgan fingerprint density at radius 1 is 1.48 bits per heavy atom. The van der Waals surface area contributed by atoms with Gasteiger partial charge in [0.1, 0.15) is 11.1 Å². The second-order valence-corrected chi connectivity index (χ2v) is 9.96. The molecule has 0 radical (unpaired) electrons. The summed E-state index contributed by atoms with van der Waals surface area (Å²) in [6, 6.07) is 0.208. The summed E-state index contributed by atoms with van der Waals surface area (Å²) in [4.78, 5) is 21.6. The smallest absolute Gasteiger partial charge is 0.253 e. The van der Waals surface area contributed by atoms with E-state index in [2.05, 4.69) is 36.2 Å². The van der Waals surface area contributed by atoms with Crippen molar-refractivity contribution in [1.29, 1.82) is 0 Å². The molecule has 3 heterocycles. The van der Waals surface area contributed by atoms with E-state index in [9.17, 15) is 4.79 Å². The number of allylic oxidation sites excluding steroid dienone is 1. The van der Waals surface area contributed by atoms with E-state index in [0.29, 0.717) is 13.2 Å². The summed E-state index contributed by atoms with van der Waals surface area (Å²) >= 11 is 1.69. The van der Waals surface area contributed by atoms with Crippen molar-refractivity contribution in [1.82, 2.24) is 30.3 Å². The van der Waals surface area contributed by atoms with Crippen LogP contribution in [0.15, 0.2) is 24.7 Å². The van der Waals surface area contributed by atoms with Crippen LogP contribution in [-0.2, 0) is 23.0 Å². The van der Waals surface area contributed by atoms with Crippen LogP contribution in [0.1, 0.15) is 56.3 Å². The first-order valence-corrected chi connectivity index (χ1v) is 12.8. The first kappa shape index (κ1) is 23.9. The molecular formula is C24H36N6O2S. The molecule has 0 bridgehead atoms. The second kappa shape index (κ2) is 10.8. The fourth-order valence-electron chi connectivity index (χ4n) is 4.18. The number of thiazole rings is 1. The minimum Gasteiger partial charge on any atom is -0.389 e. The Hall–Kier alpha value is -2.23. The van der Waals surface area contributed by atoms with Crippen molar-refractivity contribution < 1.29 is 9.53 Å². The Kier molecular flexibility index (Phi) is 7.82. The Labute approximate surface area is 200 Å². The van der Waals surface area contributed by atoms with Crippen molar-refractivity contribution in [2.45, 2.75) is 64.1 Å². The molecule has 4 rings (SSSR count). The maximum Gasteiger partial charge on any atom is 0.253 e. The van der Waals surface area contributed by atoms with Crippen LogP contribution in [0, 0.1) is 0 Å². The maximum atomic E-state index is 13.4. The van der Waals surface area contributed by atoms with E-state index in [4.69, 9.17) is 9.72 Å². The van der Waals surface area contributed by atoms with E-state index in [1.165, 1.54) is 0 Å². The predicted octanol–water partition coefficient (Wildman–Crippen LogP) is 3.03. The van der Waals surface area contributed by atoms with Gasteiger partial charge in [0.05, 0.1) is 29.4 Å². The number of carbonyl (C=O) groups is 1. The van der Waals surface area contributed by atoms with Crippen molar-refractivity contribution in [3.63, 3.8) is 0 Å². The second-order valence-electron chi connectivity index (χ2n) is 8.93. The minimum absolute atomic E-state index is 0.0808. The number of rotatable bonds is 11. The summed E-state index contributed by atoms with van der Waals surface area (Å²) in [5.74, 6) is 0.0826. The quantitative estimate of drug-likeness (QED) is 0.489. The zero-order chi connectivity index (χ0) is 23.4. The topological polar surface area (TPSA) is 84.3 Å². The molecule has 180 valence electrons.